The molecule has 3 unspecified atom stereocenters. The second-order valence-corrected chi connectivity index (χ2v) is 6.89. The monoisotopic (exact) mass is 296 g/mol. The summed E-state index contributed by atoms with van der Waals surface area (Å²) in [6.07, 6.45) is 4.67. The summed E-state index contributed by atoms with van der Waals surface area (Å²) in [6.45, 7) is 11.2. The topological polar surface area (TPSA) is 49.4 Å². The van der Waals surface area contributed by atoms with Gasteiger partial charge in [-0.1, -0.05) is 47.0 Å². The van der Waals surface area contributed by atoms with Crippen LogP contribution < -0.4 is 5.32 Å². The minimum Gasteiger partial charge on any atom is -0.344 e. The Hall–Kier alpha value is -1.06. The highest BCUT2D eigenvalue weighted by Gasteiger charge is 2.34. The van der Waals surface area contributed by atoms with E-state index < -0.39 is 0 Å². The van der Waals surface area contributed by atoms with Crippen molar-refractivity contribution >= 4 is 11.8 Å². The molecule has 1 N–H and O–H groups in total. The number of nitrogens with zero attached hydrogens (tertiary/aromatic N) is 1. The maximum absolute atomic E-state index is 12.7. The van der Waals surface area contributed by atoms with Crippen LogP contribution in [0.4, 0.5) is 0 Å². The van der Waals surface area contributed by atoms with Gasteiger partial charge < -0.3 is 10.2 Å². The van der Waals surface area contributed by atoms with E-state index >= 15 is 0 Å². The number of nitrogens with one attached hydrogen (secondary N) is 1. The van der Waals surface area contributed by atoms with Crippen LogP contribution >= 0.6 is 0 Å². The molecule has 122 valence electrons. The van der Waals surface area contributed by atoms with E-state index in [0.29, 0.717) is 18.9 Å². The molecule has 21 heavy (non-hydrogen) atoms. The van der Waals surface area contributed by atoms with Gasteiger partial charge in [-0.2, -0.15) is 0 Å². The van der Waals surface area contributed by atoms with Gasteiger partial charge in [0.15, 0.2) is 0 Å². The van der Waals surface area contributed by atoms with E-state index in [1.807, 2.05) is 11.8 Å². The Morgan fingerprint density at radius 1 is 1.19 bits per heavy atom. The van der Waals surface area contributed by atoms with Crippen LogP contribution in [0.25, 0.3) is 0 Å². The maximum atomic E-state index is 12.7. The molecule has 0 radical (unpaired) electrons. The van der Waals surface area contributed by atoms with Gasteiger partial charge in [-0.3, -0.25) is 9.59 Å². The molecule has 1 aliphatic heterocycles. The fourth-order valence-corrected chi connectivity index (χ4v) is 2.85. The van der Waals surface area contributed by atoms with Gasteiger partial charge in [0.1, 0.15) is 6.04 Å². The van der Waals surface area contributed by atoms with Crippen LogP contribution in [0.15, 0.2) is 0 Å². The Bertz CT molecular complexity index is 355. The fourth-order valence-electron chi connectivity index (χ4n) is 2.85. The van der Waals surface area contributed by atoms with Crippen LogP contribution in [0.2, 0.25) is 0 Å². The summed E-state index contributed by atoms with van der Waals surface area (Å²) in [7, 11) is 0. The summed E-state index contributed by atoms with van der Waals surface area (Å²) in [5, 5.41) is 2.91. The molecule has 1 heterocycles. The van der Waals surface area contributed by atoms with Crippen molar-refractivity contribution in [2.45, 2.75) is 78.8 Å². The number of hydrogen-bond acceptors (Lipinski definition) is 2. The van der Waals surface area contributed by atoms with Gasteiger partial charge in [0, 0.05) is 19.0 Å². The lowest BCUT2D eigenvalue weighted by molar-refractivity contribution is -0.136. The zero-order chi connectivity index (χ0) is 16.0. The van der Waals surface area contributed by atoms with Crippen molar-refractivity contribution in [1.29, 1.82) is 0 Å². The van der Waals surface area contributed by atoms with Gasteiger partial charge in [-0.25, -0.2) is 0 Å². The van der Waals surface area contributed by atoms with E-state index in [9.17, 15) is 9.59 Å². The molecule has 0 aromatic carbocycles. The summed E-state index contributed by atoms with van der Waals surface area (Å²) >= 11 is 0. The molecule has 0 spiro atoms. The summed E-state index contributed by atoms with van der Waals surface area (Å²) in [4.78, 5) is 26.5. The van der Waals surface area contributed by atoms with Crippen molar-refractivity contribution in [3.8, 4) is 0 Å². The first-order valence-electron chi connectivity index (χ1n) is 8.46. The molecule has 4 nitrogen and oxygen atoms in total. The van der Waals surface area contributed by atoms with E-state index in [-0.39, 0.29) is 29.8 Å². The lowest BCUT2D eigenvalue weighted by atomic mass is 9.97. The Morgan fingerprint density at radius 2 is 1.86 bits per heavy atom. The number of carbonyl (C=O) groups excluding carboxylic acids is 2. The van der Waals surface area contributed by atoms with Crippen LogP contribution in [0.5, 0.6) is 0 Å². The third kappa shape index (κ3) is 5.33. The molecule has 1 saturated heterocycles. The van der Waals surface area contributed by atoms with Crippen molar-refractivity contribution in [1.82, 2.24) is 10.2 Å². The van der Waals surface area contributed by atoms with Crippen LogP contribution in [-0.4, -0.2) is 35.3 Å². The third-order valence-electron chi connectivity index (χ3n) is 4.59. The van der Waals surface area contributed by atoms with Crippen LogP contribution in [0.1, 0.15) is 66.7 Å². The molecule has 1 aliphatic rings. The minimum atomic E-state index is -0.349. The van der Waals surface area contributed by atoms with Gasteiger partial charge in [-0.15, -0.1) is 0 Å². The number of carbonyl (C=O) groups is 2. The molecule has 3 atom stereocenters. The van der Waals surface area contributed by atoms with Crippen molar-refractivity contribution in [2.75, 3.05) is 6.54 Å². The number of hydrogen-bond donors (Lipinski definition) is 1. The first kappa shape index (κ1) is 18.0. The van der Waals surface area contributed by atoms with E-state index in [0.717, 1.165) is 19.3 Å². The zero-order valence-electron chi connectivity index (χ0n) is 14.3. The first-order valence-corrected chi connectivity index (χ1v) is 8.46. The van der Waals surface area contributed by atoms with Gasteiger partial charge in [0.2, 0.25) is 11.8 Å². The van der Waals surface area contributed by atoms with E-state index in [1.165, 1.54) is 6.42 Å². The SMILES string of the molecule is CCC(C)C1NC(=O)CCN(C(C)CCCC(C)C)C1=O. The van der Waals surface area contributed by atoms with Gasteiger partial charge in [0.05, 0.1) is 0 Å². The number of rotatable bonds is 7. The summed E-state index contributed by atoms with van der Waals surface area (Å²) in [6, 6.07) is -0.131. The highest BCUT2D eigenvalue weighted by molar-refractivity contribution is 5.90. The van der Waals surface area contributed by atoms with Crippen molar-refractivity contribution in [3.05, 3.63) is 0 Å². The quantitative estimate of drug-likeness (QED) is 0.785. The Balaban J connectivity index is 2.70. The van der Waals surface area contributed by atoms with E-state index in [2.05, 4.69) is 33.0 Å². The maximum Gasteiger partial charge on any atom is 0.245 e. The summed E-state index contributed by atoms with van der Waals surface area (Å²) in [5.41, 5.74) is 0. The largest absolute Gasteiger partial charge is 0.344 e. The molecule has 0 aromatic heterocycles. The predicted molar refractivity (Wildman–Crippen MR) is 85.9 cm³/mol. The molecule has 1 fully saturated rings. The highest BCUT2D eigenvalue weighted by atomic mass is 16.2. The summed E-state index contributed by atoms with van der Waals surface area (Å²) in [5.74, 6) is 0.996. The van der Waals surface area contributed by atoms with E-state index in [1.54, 1.807) is 0 Å². The Kier molecular flexibility index (Phi) is 7.20. The normalized spacial score (nSPS) is 23.0. The van der Waals surface area contributed by atoms with Crippen LogP contribution in [-0.2, 0) is 9.59 Å². The van der Waals surface area contributed by atoms with Crippen molar-refractivity contribution < 1.29 is 9.59 Å². The van der Waals surface area contributed by atoms with Crippen molar-refractivity contribution in [3.63, 3.8) is 0 Å². The molecule has 2 amide bonds. The average molecular weight is 296 g/mol. The molecule has 4 heteroatoms. The molecule has 0 aromatic rings. The Morgan fingerprint density at radius 3 is 2.43 bits per heavy atom. The van der Waals surface area contributed by atoms with Gasteiger partial charge in [0.25, 0.3) is 0 Å². The molecule has 1 rings (SSSR count). The zero-order valence-corrected chi connectivity index (χ0v) is 14.3. The predicted octanol–water partition coefficient (Wildman–Crippen LogP) is 2.96. The van der Waals surface area contributed by atoms with Crippen molar-refractivity contribution in [2.24, 2.45) is 11.8 Å². The second-order valence-electron chi connectivity index (χ2n) is 6.89. The summed E-state index contributed by atoms with van der Waals surface area (Å²) < 4.78 is 0. The minimum absolute atomic E-state index is 0.00512. The molecular weight excluding hydrogens is 264 g/mol. The lowest BCUT2D eigenvalue weighted by Gasteiger charge is -2.32. The van der Waals surface area contributed by atoms with Gasteiger partial charge >= 0.3 is 0 Å². The molecule has 0 aliphatic carbocycles. The molecule has 0 bridgehead atoms. The van der Waals surface area contributed by atoms with E-state index in [4.69, 9.17) is 0 Å². The number of amides is 2. The molecular formula is C17H32N2O2. The van der Waals surface area contributed by atoms with Gasteiger partial charge in [-0.05, 0) is 25.2 Å². The standard InChI is InChI=1S/C17H32N2O2/c1-6-13(4)16-17(21)19(11-10-15(20)18-16)14(5)9-7-8-12(2)3/h12-14,16H,6-11H2,1-5H3,(H,18,20). The fraction of sp³-hybridized carbons (Fsp3) is 0.882. The third-order valence-corrected chi connectivity index (χ3v) is 4.59. The van der Waals surface area contributed by atoms with Crippen LogP contribution in [0, 0.1) is 11.8 Å². The first-order chi connectivity index (χ1) is 9.86. The lowest BCUT2D eigenvalue weighted by Crippen LogP contribution is -2.50. The molecule has 0 saturated carbocycles. The Labute approximate surface area is 129 Å². The second kappa shape index (κ2) is 8.40. The smallest absolute Gasteiger partial charge is 0.245 e. The average Bonchev–Trinajstić information content (AvgIpc) is 2.57. The van der Waals surface area contributed by atoms with Crippen LogP contribution in [0.3, 0.4) is 0 Å². The highest BCUT2D eigenvalue weighted by Crippen LogP contribution is 2.19.